The van der Waals surface area contributed by atoms with Gasteiger partial charge in [-0.1, -0.05) is 6.07 Å². The average molecular weight is 229 g/mol. The number of fused-ring (bicyclic) bond motifs is 1. The van der Waals surface area contributed by atoms with Crippen LogP contribution in [0.1, 0.15) is 12.0 Å². The van der Waals surface area contributed by atoms with Gasteiger partial charge in [-0.3, -0.25) is 0 Å². The molecule has 0 atom stereocenters. The Morgan fingerprint density at radius 3 is 3.06 bits per heavy atom. The topological polar surface area (TPSA) is 58.9 Å². The third kappa shape index (κ3) is 1.95. The first-order valence-electron chi connectivity index (χ1n) is 5.78. The Hall–Kier alpha value is -2.04. The van der Waals surface area contributed by atoms with E-state index in [0.717, 1.165) is 24.2 Å². The molecule has 1 aliphatic heterocycles. The molecule has 3 rings (SSSR count). The Bertz CT molecular complexity index is 553. The van der Waals surface area contributed by atoms with Gasteiger partial charge < -0.3 is 15.0 Å². The molecule has 3 heterocycles. The Kier molecular flexibility index (Phi) is 2.44. The second-order valence-corrected chi connectivity index (χ2v) is 4.28. The van der Waals surface area contributed by atoms with Gasteiger partial charge in [-0.25, -0.2) is 9.98 Å². The third-order valence-electron chi connectivity index (χ3n) is 3.07. The Labute approximate surface area is 99.6 Å². The molecular weight excluding hydrogens is 214 g/mol. The fourth-order valence-corrected chi connectivity index (χ4v) is 1.88. The van der Waals surface area contributed by atoms with E-state index in [0.29, 0.717) is 12.5 Å². The summed E-state index contributed by atoms with van der Waals surface area (Å²) in [5, 5.41) is 0. The van der Waals surface area contributed by atoms with E-state index < -0.39 is 0 Å². The molecule has 1 aliphatic rings. The largest absolute Gasteiger partial charge is 0.370 e. The summed E-state index contributed by atoms with van der Waals surface area (Å²) < 4.78 is 1.99. The minimum Gasteiger partial charge on any atom is -0.370 e. The molecule has 2 N–H and O–H groups in total. The third-order valence-corrected chi connectivity index (χ3v) is 3.07. The predicted octanol–water partition coefficient (Wildman–Crippen LogP) is 0.855. The van der Waals surface area contributed by atoms with Crippen LogP contribution in [0.4, 0.5) is 0 Å². The number of nitrogens with two attached hydrogens (primary N) is 1. The zero-order valence-corrected chi connectivity index (χ0v) is 9.58. The lowest BCUT2D eigenvalue weighted by Crippen LogP contribution is -2.46. The maximum atomic E-state index is 5.88. The van der Waals surface area contributed by atoms with Crippen molar-refractivity contribution < 1.29 is 0 Å². The van der Waals surface area contributed by atoms with Crippen molar-refractivity contribution in [2.45, 2.75) is 13.0 Å². The molecule has 0 aromatic carbocycles. The summed E-state index contributed by atoms with van der Waals surface area (Å²) >= 11 is 0. The van der Waals surface area contributed by atoms with Gasteiger partial charge in [0.05, 0.1) is 24.6 Å². The highest BCUT2D eigenvalue weighted by Crippen LogP contribution is 2.08. The Morgan fingerprint density at radius 2 is 2.29 bits per heavy atom. The van der Waals surface area contributed by atoms with Crippen molar-refractivity contribution in [2.75, 3.05) is 13.1 Å². The second-order valence-electron chi connectivity index (χ2n) is 4.28. The van der Waals surface area contributed by atoms with Crippen LogP contribution in [0.5, 0.6) is 0 Å². The number of likely N-dealkylation sites (tertiary alicyclic amines) is 1. The fraction of sp³-hybridized carbons (Fsp3) is 0.333. The van der Waals surface area contributed by atoms with Crippen molar-refractivity contribution in [3.8, 4) is 0 Å². The highest BCUT2D eigenvalue weighted by atomic mass is 15.3. The summed E-state index contributed by atoms with van der Waals surface area (Å²) in [5.74, 6) is 0.655. The number of nitrogens with zero attached hydrogens (tertiary/aromatic N) is 4. The quantitative estimate of drug-likeness (QED) is 0.613. The summed E-state index contributed by atoms with van der Waals surface area (Å²) in [6, 6.07) is 4.10. The van der Waals surface area contributed by atoms with Gasteiger partial charge in [0.1, 0.15) is 0 Å². The van der Waals surface area contributed by atoms with Crippen molar-refractivity contribution in [2.24, 2.45) is 10.7 Å². The van der Waals surface area contributed by atoms with E-state index in [2.05, 4.69) is 20.9 Å². The minimum absolute atomic E-state index is 0.621. The van der Waals surface area contributed by atoms with Gasteiger partial charge in [0, 0.05) is 19.3 Å². The highest BCUT2D eigenvalue weighted by molar-refractivity contribution is 5.78. The first-order chi connectivity index (χ1) is 8.33. The lowest BCUT2D eigenvalue weighted by Gasteiger charge is -2.31. The molecular formula is C12H15N5. The molecule has 5 nitrogen and oxygen atoms in total. The normalized spacial score (nSPS) is 16.2. The van der Waals surface area contributed by atoms with Crippen molar-refractivity contribution in [1.29, 1.82) is 0 Å². The average Bonchev–Trinajstić information content (AvgIpc) is 2.71. The van der Waals surface area contributed by atoms with E-state index in [-0.39, 0.29) is 0 Å². The molecule has 17 heavy (non-hydrogen) atoms. The number of pyridine rings is 1. The molecule has 0 spiro atoms. The first kappa shape index (κ1) is 10.1. The maximum Gasteiger partial charge on any atom is 0.191 e. The van der Waals surface area contributed by atoms with E-state index in [1.807, 2.05) is 22.9 Å². The van der Waals surface area contributed by atoms with Crippen LogP contribution in [0.3, 0.4) is 0 Å². The van der Waals surface area contributed by atoms with Crippen LogP contribution in [-0.2, 0) is 6.54 Å². The van der Waals surface area contributed by atoms with Crippen molar-refractivity contribution in [1.82, 2.24) is 14.3 Å². The molecule has 0 bridgehead atoms. The van der Waals surface area contributed by atoms with Crippen LogP contribution < -0.4 is 5.73 Å². The highest BCUT2D eigenvalue weighted by Gasteiger charge is 2.15. The van der Waals surface area contributed by atoms with Gasteiger partial charge in [0.25, 0.3) is 0 Å². The van der Waals surface area contributed by atoms with Gasteiger partial charge in [-0.15, -0.1) is 0 Å². The standard InChI is InChI=1S/C12H15N5/c13-12(16-4-1-5-16)15-6-10-2-3-11-7-14-9-17(11)8-10/h2-3,7-9H,1,4-6H2,(H2,13,15). The summed E-state index contributed by atoms with van der Waals surface area (Å²) in [6.07, 6.45) is 6.88. The predicted molar refractivity (Wildman–Crippen MR) is 66.7 cm³/mol. The first-order valence-corrected chi connectivity index (χ1v) is 5.78. The number of aliphatic imine (C=N–C) groups is 1. The number of hydrogen-bond acceptors (Lipinski definition) is 2. The minimum atomic E-state index is 0.621. The second kappa shape index (κ2) is 4.08. The number of imidazole rings is 1. The molecule has 0 saturated carbocycles. The maximum absolute atomic E-state index is 5.88. The number of rotatable bonds is 2. The van der Waals surface area contributed by atoms with Gasteiger partial charge in [0.2, 0.25) is 0 Å². The lowest BCUT2D eigenvalue weighted by molar-refractivity contribution is 0.295. The number of aromatic nitrogens is 2. The summed E-state index contributed by atoms with van der Waals surface area (Å²) in [5.41, 5.74) is 8.11. The van der Waals surface area contributed by atoms with Crippen LogP contribution in [-0.4, -0.2) is 33.3 Å². The van der Waals surface area contributed by atoms with Crippen LogP contribution >= 0.6 is 0 Å². The molecule has 0 aliphatic carbocycles. The SMILES string of the molecule is NC(=NCc1ccc2cncn2c1)N1CCC1. The molecule has 2 aromatic rings. The fourth-order valence-electron chi connectivity index (χ4n) is 1.88. The summed E-state index contributed by atoms with van der Waals surface area (Å²) in [6.45, 7) is 2.70. The molecule has 2 aromatic heterocycles. The van der Waals surface area contributed by atoms with Crippen LogP contribution in [0.15, 0.2) is 35.8 Å². The van der Waals surface area contributed by atoms with Crippen LogP contribution in [0, 0.1) is 0 Å². The van der Waals surface area contributed by atoms with Crippen LogP contribution in [0.2, 0.25) is 0 Å². The smallest absolute Gasteiger partial charge is 0.191 e. The van der Waals surface area contributed by atoms with E-state index in [1.165, 1.54) is 6.42 Å². The molecule has 88 valence electrons. The van der Waals surface area contributed by atoms with Crippen molar-refractivity contribution >= 4 is 11.5 Å². The monoisotopic (exact) mass is 229 g/mol. The molecule has 1 saturated heterocycles. The Morgan fingerprint density at radius 1 is 1.41 bits per heavy atom. The molecule has 1 fully saturated rings. The van der Waals surface area contributed by atoms with Gasteiger partial charge in [-0.2, -0.15) is 0 Å². The molecule has 0 amide bonds. The van der Waals surface area contributed by atoms with E-state index >= 15 is 0 Å². The van der Waals surface area contributed by atoms with E-state index in [4.69, 9.17) is 5.73 Å². The van der Waals surface area contributed by atoms with Crippen LogP contribution in [0.25, 0.3) is 5.52 Å². The van der Waals surface area contributed by atoms with Crippen molar-refractivity contribution in [3.63, 3.8) is 0 Å². The number of hydrogen-bond donors (Lipinski definition) is 1. The zero-order chi connectivity index (χ0) is 11.7. The van der Waals surface area contributed by atoms with Crippen molar-refractivity contribution in [3.05, 3.63) is 36.4 Å². The van der Waals surface area contributed by atoms with Gasteiger partial charge in [-0.05, 0) is 18.1 Å². The summed E-state index contributed by atoms with van der Waals surface area (Å²) in [7, 11) is 0. The molecule has 5 heteroatoms. The summed E-state index contributed by atoms with van der Waals surface area (Å²) in [4.78, 5) is 10.6. The van der Waals surface area contributed by atoms with E-state index in [9.17, 15) is 0 Å². The zero-order valence-electron chi connectivity index (χ0n) is 9.58. The van der Waals surface area contributed by atoms with Gasteiger partial charge in [0.15, 0.2) is 5.96 Å². The lowest BCUT2D eigenvalue weighted by atomic mass is 10.2. The Balaban J connectivity index is 1.75. The molecule has 0 radical (unpaired) electrons. The number of guanidine groups is 1. The van der Waals surface area contributed by atoms with Gasteiger partial charge >= 0.3 is 0 Å². The molecule has 0 unspecified atom stereocenters. The van der Waals surface area contributed by atoms with E-state index in [1.54, 1.807) is 6.33 Å².